The van der Waals surface area contributed by atoms with Gasteiger partial charge in [-0.2, -0.15) is 4.31 Å². The third kappa shape index (κ3) is 3.74. The van der Waals surface area contributed by atoms with E-state index < -0.39 is 10.0 Å². The van der Waals surface area contributed by atoms with Crippen molar-refractivity contribution in [3.63, 3.8) is 0 Å². The summed E-state index contributed by atoms with van der Waals surface area (Å²) in [6.07, 6.45) is 3.17. The Morgan fingerprint density at radius 2 is 2.14 bits per heavy atom. The molecule has 0 aromatic carbocycles. The second kappa shape index (κ2) is 7.05. The lowest BCUT2D eigenvalue weighted by atomic mass is 10.2. The quantitative estimate of drug-likeness (QED) is 0.791. The van der Waals surface area contributed by atoms with Crippen LogP contribution in [-0.2, 0) is 15.9 Å². The molecule has 1 atom stereocenters. The van der Waals surface area contributed by atoms with E-state index in [1.165, 1.54) is 6.20 Å². The highest BCUT2D eigenvalue weighted by Gasteiger charge is 2.33. The average Bonchev–Trinajstić information content (AvgIpc) is 2.68. The molecule has 5 nitrogen and oxygen atoms in total. The van der Waals surface area contributed by atoms with E-state index in [0.717, 1.165) is 31.5 Å². The van der Waals surface area contributed by atoms with Crippen molar-refractivity contribution in [1.82, 2.24) is 14.2 Å². The van der Waals surface area contributed by atoms with Gasteiger partial charge in [0, 0.05) is 31.2 Å². The van der Waals surface area contributed by atoms with Gasteiger partial charge < -0.3 is 4.90 Å². The van der Waals surface area contributed by atoms with Crippen molar-refractivity contribution < 1.29 is 8.42 Å². The molecule has 0 bridgehead atoms. The summed E-state index contributed by atoms with van der Waals surface area (Å²) in [7, 11) is -1.51. The Balaban J connectivity index is 2.31. The Labute approximate surface area is 132 Å². The first kappa shape index (κ1) is 16.7. The van der Waals surface area contributed by atoms with Crippen molar-refractivity contribution in [2.75, 3.05) is 26.7 Å². The lowest BCUT2D eigenvalue weighted by Gasteiger charge is -2.28. The van der Waals surface area contributed by atoms with Crippen molar-refractivity contribution in [2.45, 2.75) is 36.7 Å². The predicted octanol–water partition coefficient (Wildman–Crippen LogP) is 1.93. The summed E-state index contributed by atoms with van der Waals surface area (Å²) in [6, 6.07) is 3.27. The second-order valence-corrected chi connectivity index (χ2v) is 7.54. The third-order valence-electron chi connectivity index (χ3n) is 3.84. The average molecular weight is 332 g/mol. The van der Waals surface area contributed by atoms with Crippen LogP contribution in [0.5, 0.6) is 0 Å². The SMILES string of the molecule is CCC1CN(C)CCCN1S(=O)(=O)c1ccc(CCl)cn1. The highest BCUT2D eigenvalue weighted by atomic mass is 35.5. The minimum atomic E-state index is -3.54. The molecule has 0 aliphatic carbocycles. The summed E-state index contributed by atoms with van der Waals surface area (Å²) >= 11 is 5.72. The summed E-state index contributed by atoms with van der Waals surface area (Å²) in [5.74, 6) is 0.333. The van der Waals surface area contributed by atoms with E-state index in [-0.39, 0.29) is 11.1 Å². The molecule has 2 rings (SSSR count). The lowest BCUT2D eigenvalue weighted by Crippen LogP contribution is -2.43. The molecule has 118 valence electrons. The Morgan fingerprint density at radius 1 is 1.38 bits per heavy atom. The Kier molecular flexibility index (Phi) is 5.60. The number of alkyl halides is 1. The molecule has 0 N–H and O–H groups in total. The van der Waals surface area contributed by atoms with E-state index in [1.54, 1.807) is 16.4 Å². The summed E-state index contributed by atoms with van der Waals surface area (Å²) in [5, 5.41) is 0.111. The zero-order valence-electron chi connectivity index (χ0n) is 12.5. The summed E-state index contributed by atoms with van der Waals surface area (Å²) in [6.45, 7) is 4.25. The van der Waals surface area contributed by atoms with Crippen molar-refractivity contribution >= 4 is 21.6 Å². The summed E-state index contributed by atoms with van der Waals surface area (Å²) in [5.41, 5.74) is 0.818. The zero-order chi connectivity index (χ0) is 15.5. The fourth-order valence-electron chi connectivity index (χ4n) is 2.63. The van der Waals surface area contributed by atoms with Gasteiger partial charge in [-0.1, -0.05) is 13.0 Å². The molecule has 0 radical (unpaired) electrons. The standard InChI is InChI=1S/C14H22ClN3O2S/c1-3-13-11-17(2)7-4-8-18(13)21(19,20)14-6-5-12(9-15)10-16-14/h5-6,10,13H,3-4,7-9,11H2,1-2H3. The molecule has 1 fully saturated rings. The molecule has 7 heteroatoms. The van der Waals surface area contributed by atoms with Gasteiger partial charge in [-0.25, -0.2) is 13.4 Å². The highest BCUT2D eigenvalue weighted by Crippen LogP contribution is 2.21. The molecule has 0 saturated carbocycles. The number of hydrogen-bond acceptors (Lipinski definition) is 4. The van der Waals surface area contributed by atoms with Crippen LogP contribution in [-0.4, -0.2) is 55.3 Å². The van der Waals surface area contributed by atoms with Crippen LogP contribution in [0.2, 0.25) is 0 Å². The maximum Gasteiger partial charge on any atom is 0.260 e. The van der Waals surface area contributed by atoms with Crippen LogP contribution in [0.3, 0.4) is 0 Å². The van der Waals surface area contributed by atoms with E-state index in [0.29, 0.717) is 12.4 Å². The topological polar surface area (TPSA) is 53.5 Å². The van der Waals surface area contributed by atoms with Crippen LogP contribution in [0.1, 0.15) is 25.3 Å². The number of halogens is 1. The van der Waals surface area contributed by atoms with Crippen LogP contribution < -0.4 is 0 Å². The van der Waals surface area contributed by atoms with Crippen LogP contribution in [0.15, 0.2) is 23.4 Å². The fourth-order valence-corrected chi connectivity index (χ4v) is 4.44. The van der Waals surface area contributed by atoms with Gasteiger partial charge in [0.15, 0.2) is 5.03 Å². The van der Waals surface area contributed by atoms with E-state index >= 15 is 0 Å². The van der Waals surface area contributed by atoms with Gasteiger partial charge in [0.1, 0.15) is 0 Å². The fraction of sp³-hybridized carbons (Fsp3) is 0.643. The minimum absolute atomic E-state index is 0.00277. The van der Waals surface area contributed by atoms with E-state index in [4.69, 9.17) is 11.6 Å². The largest absolute Gasteiger partial charge is 0.305 e. The maximum absolute atomic E-state index is 12.8. The minimum Gasteiger partial charge on any atom is -0.305 e. The van der Waals surface area contributed by atoms with Crippen LogP contribution >= 0.6 is 11.6 Å². The Bertz CT molecular complexity index is 562. The Hall–Kier alpha value is -0.690. The molecule has 0 spiro atoms. The smallest absolute Gasteiger partial charge is 0.260 e. The van der Waals surface area contributed by atoms with Crippen molar-refractivity contribution in [3.8, 4) is 0 Å². The normalized spacial score (nSPS) is 22.1. The van der Waals surface area contributed by atoms with Crippen LogP contribution in [0.25, 0.3) is 0 Å². The van der Waals surface area contributed by atoms with Crippen molar-refractivity contribution in [3.05, 3.63) is 23.9 Å². The van der Waals surface area contributed by atoms with Crippen LogP contribution in [0.4, 0.5) is 0 Å². The first-order chi connectivity index (χ1) is 9.98. The third-order valence-corrected chi connectivity index (χ3v) is 6.02. The zero-order valence-corrected chi connectivity index (χ0v) is 14.1. The number of likely N-dealkylation sites (N-methyl/N-ethyl adjacent to an activating group) is 1. The number of rotatable bonds is 4. The van der Waals surface area contributed by atoms with Gasteiger partial charge in [-0.15, -0.1) is 11.6 Å². The molecular formula is C14H22ClN3O2S. The van der Waals surface area contributed by atoms with Gasteiger partial charge in [-0.05, 0) is 38.1 Å². The molecule has 1 saturated heterocycles. The first-order valence-corrected chi connectivity index (χ1v) is 9.17. The number of pyridine rings is 1. The first-order valence-electron chi connectivity index (χ1n) is 7.20. The molecule has 2 heterocycles. The molecule has 1 aromatic rings. The van der Waals surface area contributed by atoms with Gasteiger partial charge in [0.2, 0.25) is 0 Å². The highest BCUT2D eigenvalue weighted by molar-refractivity contribution is 7.89. The molecule has 1 aliphatic rings. The molecular weight excluding hydrogens is 310 g/mol. The number of sulfonamides is 1. The number of hydrogen-bond donors (Lipinski definition) is 0. The van der Waals surface area contributed by atoms with E-state index in [9.17, 15) is 8.42 Å². The molecule has 1 aliphatic heterocycles. The summed E-state index contributed by atoms with van der Waals surface area (Å²) < 4.78 is 27.3. The molecule has 1 unspecified atom stereocenters. The lowest BCUT2D eigenvalue weighted by molar-refractivity contribution is 0.270. The van der Waals surface area contributed by atoms with Crippen LogP contribution in [0, 0.1) is 0 Å². The van der Waals surface area contributed by atoms with Gasteiger partial charge >= 0.3 is 0 Å². The predicted molar refractivity (Wildman–Crippen MR) is 83.9 cm³/mol. The summed E-state index contributed by atoms with van der Waals surface area (Å²) in [4.78, 5) is 6.28. The monoisotopic (exact) mass is 331 g/mol. The van der Waals surface area contributed by atoms with Gasteiger partial charge in [0.25, 0.3) is 10.0 Å². The molecule has 0 amide bonds. The van der Waals surface area contributed by atoms with Crippen molar-refractivity contribution in [2.24, 2.45) is 0 Å². The second-order valence-electron chi connectivity index (χ2n) is 5.43. The molecule has 21 heavy (non-hydrogen) atoms. The van der Waals surface area contributed by atoms with Gasteiger partial charge in [0.05, 0.1) is 0 Å². The van der Waals surface area contributed by atoms with E-state index in [2.05, 4.69) is 9.88 Å². The van der Waals surface area contributed by atoms with E-state index in [1.807, 2.05) is 14.0 Å². The van der Waals surface area contributed by atoms with Gasteiger partial charge in [-0.3, -0.25) is 0 Å². The number of aromatic nitrogens is 1. The number of nitrogens with zero attached hydrogens (tertiary/aromatic N) is 3. The molecule has 1 aromatic heterocycles. The Morgan fingerprint density at radius 3 is 2.71 bits per heavy atom. The maximum atomic E-state index is 12.8. The van der Waals surface area contributed by atoms with Crippen molar-refractivity contribution in [1.29, 1.82) is 0 Å².